The molecule has 1 heterocycles. The highest BCUT2D eigenvalue weighted by Gasteiger charge is 2.19. The van der Waals surface area contributed by atoms with Crippen molar-refractivity contribution in [3.8, 4) is 0 Å². The maximum atomic E-state index is 13.5. The lowest BCUT2D eigenvalue weighted by Crippen LogP contribution is -2.15. The van der Waals surface area contributed by atoms with Crippen LogP contribution in [-0.4, -0.2) is 6.61 Å². The predicted octanol–water partition coefficient (Wildman–Crippen LogP) is 2.78. The van der Waals surface area contributed by atoms with Gasteiger partial charge in [0.1, 0.15) is 11.6 Å². The van der Waals surface area contributed by atoms with Crippen LogP contribution in [0.25, 0.3) is 0 Å². The Morgan fingerprint density at radius 1 is 1.47 bits per heavy atom. The van der Waals surface area contributed by atoms with Gasteiger partial charge >= 0.3 is 0 Å². The average Bonchev–Trinajstić information content (AvgIpc) is 2.69. The molecule has 1 aromatic rings. The van der Waals surface area contributed by atoms with E-state index in [0.29, 0.717) is 23.0 Å². The molecule has 1 aromatic carbocycles. The van der Waals surface area contributed by atoms with Crippen molar-refractivity contribution in [2.24, 2.45) is 5.73 Å². The number of rotatable bonds is 2. The van der Waals surface area contributed by atoms with E-state index in [4.69, 9.17) is 22.1 Å². The molecule has 0 fully saturated rings. The van der Waals surface area contributed by atoms with Gasteiger partial charge in [-0.3, -0.25) is 0 Å². The summed E-state index contributed by atoms with van der Waals surface area (Å²) in [7, 11) is 0. The van der Waals surface area contributed by atoms with E-state index in [-0.39, 0.29) is 0 Å². The van der Waals surface area contributed by atoms with Crippen LogP contribution in [0, 0.1) is 5.82 Å². The molecule has 0 bridgehead atoms. The Hall–Kier alpha value is -1.06. The van der Waals surface area contributed by atoms with Crippen molar-refractivity contribution in [2.45, 2.75) is 12.5 Å². The predicted molar refractivity (Wildman–Crippen MR) is 57.0 cm³/mol. The molecular weight excluding hydrogens is 217 g/mol. The molecular formula is C11H11ClFNO. The van der Waals surface area contributed by atoms with Gasteiger partial charge in [0.05, 0.1) is 12.6 Å². The SMILES string of the molecule is NC(C1=CCCO1)c1ccc(Cl)cc1F. The first-order valence-electron chi connectivity index (χ1n) is 4.72. The zero-order valence-corrected chi connectivity index (χ0v) is 8.80. The van der Waals surface area contributed by atoms with Crippen LogP contribution in [0.3, 0.4) is 0 Å². The quantitative estimate of drug-likeness (QED) is 0.843. The van der Waals surface area contributed by atoms with E-state index in [1.54, 1.807) is 12.1 Å². The summed E-state index contributed by atoms with van der Waals surface area (Å²) in [5, 5.41) is 0.366. The first-order valence-corrected chi connectivity index (χ1v) is 5.09. The molecule has 0 saturated carbocycles. The van der Waals surface area contributed by atoms with Crippen LogP contribution in [0.15, 0.2) is 30.0 Å². The monoisotopic (exact) mass is 227 g/mol. The van der Waals surface area contributed by atoms with Crippen LogP contribution in [0.4, 0.5) is 4.39 Å². The lowest BCUT2D eigenvalue weighted by Gasteiger charge is -2.14. The minimum absolute atomic E-state index is 0.366. The third-order valence-corrected chi connectivity index (χ3v) is 2.57. The first-order chi connectivity index (χ1) is 7.18. The first kappa shape index (κ1) is 10.5. The Morgan fingerprint density at radius 3 is 2.87 bits per heavy atom. The van der Waals surface area contributed by atoms with E-state index in [2.05, 4.69) is 0 Å². The summed E-state index contributed by atoms with van der Waals surface area (Å²) < 4.78 is 18.8. The third-order valence-electron chi connectivity index (χ3n) is 2.34. The molecule has 2 N–H and O–H groups in total. The van der Waals surface area contributed by atoms with Crippen LogP contribution >= 0.6 is 11.6 Å². The number of halogens is 2. The fourth-order valence-electron chi connectivity index (χ4n) is 1.56. The average molecular weight is 228 g/mol. The zero-order valence-electron chi connectivity index (χ0n) is 8.04. The van der Waals surface area contributed by atoms with E-state index in [1.165, 1.54) is 6.07 Å². The second kappa shape index (κ2) is 4.21. The molecule has 2 nitrogen and oxygen atoms in total. The molecule has 1 aliphatic heterocycles. The third kappa shape index (κ3) is 2.13. The maximum absolute atomic E-state index is 13.5. The van der Waals surface area contributed by atoms with Crippen molar-refractivity contribution in [3.63, 3.8) is 0 Å². The van der Waals surface area contributed by atoms with E-state index in [0.717, 1.165) is 6.42 Å². The summed E-state index contributed by atoms with van der Waals surface area (Å²) in [6.07, 6.45) is 2.72. The van der Waals surface area contributed by atoms with Gasteiger partial charge in [-0.1, -0.05) is 17.7 Å². The van der Waals surface area contributed by atoms with Gasteiger partial charge in [0.2, 0.25) is 0 Å². The molecule has 2 rings (SSSR count). The summed E-state index contributed by atoms with van der Waals surface area (Å²) >= 11 is 5.65. The van der Waals surface area contributed by atoms with E-state index < -0.39 is 11.9 Å². The van der Waals surface area contributed by atoms with Gasteiger partial charge in [-0.05, 0) is 18.2 Å². The van der Waals surface area contributed by atoms with Crippen molar-refractivity contribution in [1.29, 1.82) is 0 Å². The van der Waals surface area contributed by atoms with E-state index in [9.17, 15) is 4.39 Å². The highest BCUT2D eigenvalue weighted by molar-refractivity contribution is 6.30. The molecule has 0 spiro atoms. The summed E-state index contributed by atoms with van der Waals surface area (Å²) in [5.41, 5.74) is 6.28. The lowest BCUT2D eigenvalue weighted by atomic mass is 10.1. The number of ether oxygens (including phenoxy) is 1. The van der Waals surface area contributed by atoms with Crippen molar-refractivity contribution < 1.29 is 9.13 Å². The minimum Gasteiger partial charge on any atom is -0.496 e. The standard InChI is InChI=1S/C11H11ClFNO/c12-7-3-4-8(9(13)6-7)11(14)10-2-1-5-15-10/h2-4,6,11H,1,5,14H2. The zero-order chi connectivity index (χ0) is 10.8. The number of nitrogens with two attached hydrogens (primary N) is 1. The molecule has 80 valence electrons. The fourth-order valence-corrected chi connectivity index (χ4v) is 1.72. The van der Waals surface area contributed by atoms with Crippen molar-refractivity contribution in [3.05, 3.63) is 46.4 Å². The Bertz CT molecular complexity index is 406. The summed E-state index contributed by atoms with van der Waals surface area (Å²) in [6.45, 7) is 0.623. The molecule has 1 atom stereocenters. The van der Waals surface area contributed by atoms with Crippen LogP contribution in [0.2, 0.25) is 5.02 Å². The number of hydrogen-bond donors (Lipinski definition) is 1. The molecule has 0 radical (unpaired) electrons. The van der Waals surface area contributed by atoms with Gasteiger partial charge < -0.3 is 10.5 Å². The van der Waals surface area contributed by atoms with Crippen molar-refractivity contribution >= 4 is 11.6 Å². The smallest absolute Gasteiger partial charge is 0.129 e. The molecule has 1 unspecified atom stereocenters. The fraction of sp³-hybridized carbons (Fsp3) is 0.273. The number of benzene rings is 1. The van der Waals surface area contributed by atoms with Crippen molar-refractivity contribution in [2.75, 3.05) is 6.61 Å². The molecule has 0 saturated heterocycles. The number of hydrogen-bond acceptors (Lipinski definition) is 2. The normalized spacial score (nSPS) is 17.1. The Balaban J connectivity index is 2.28. The Kier molecular flexibility index (Phi) is 2.93. The second-order valence-electron chi connectivity index (χ2n) is 3.39. The van der Waals surface area contributed by atoms with Crippen LogP contribution in [-0.2, 0) is 4.74 Å². The van der Waals surface area contributed by atoms with Crippen LogP contribution < -0.4 is 5.73 Å². The van der Waals surface area contributed by atoms with Gasteiger partial charge in [-0.2, -0.15) is 0 Å². The molecule has 0 aromatic heterocycles. The van der Waals surface area contributed by atoms with Gasteiger partial charge in [-0.15, -0.1) is 0 Å². The minimum atomic E-state index is -0.537. The van der Waals surface area contributed by atoms with Gasteiger partial charge in [0.25, 0.3) is 0 Å². The molecule has 4 heteroatoms. The molecule has 0 amide bonds. The van der Waals surface area contributed by atoms with E-state index >= 15 is 0 Å². The highest BCUT2D eigenvalue weighted by atomic mass is 35.5. The van der Waals surface area contributed by atoms with Gasteiger partial charge in [0.15, 0.2) is 0 Å². The maximum Gasteiger partial charge on any atom is 0.129 e. The Morgan fingerprint density at radius 2 is 2.27 bits per heavy atom. The van der Waals surface area contributed by atoms with E-state index in [1.807, 2.05) is 6.08 Å². The van der Waals surface area contributed by atoms with Gasteiger partial charge in [-0.25, -0.2) is 4.39 Å². The largest absolute Gasteiger partial charge is 0.496 e. The van der Waals surface area contributed by atoms with Crippen molar-refractivity contribution in [1.82, 2.24) is 0 Å². The molecule has 0 aliphatic carbocycles. The lowest BCUT2D eigenvalue weighted by molar-refractivity contribution is 0.224. The van der Waals surface area contributed by atoms with Crippen LogP contribution in [0.5, 0.6) is 0 Å². The van der Waals surface area contributed by atoms with Gasteiger partial charge in [0, 0.05) is 17.0 Å². The molecule has 1 aliphatic rings. The summed E-state index contributed by atoms with van der Waals surface area (Å²) in [6, 6.07) is 3.93. The molecule has 15 heavy (non-hydrogen) atoms. The topological polar surface area (TPSA) is 35.2 Å². The Labute approximate surface area is 92.5 Å². The summed E-state index contributed by atoms with van der Waals surface area (Å²) in [5.74, 6) is 0.239. The summed E-state index contributed by atoms with van der Waals surface area (Å²) in [4.78, 5) is 0. The second-order valence-corrected chi connectivity index (χ2v) is 3.82. The van der Waals surface area contributed by atoms with Crippen LogP contribution in [0.1, 0.15) is 18.0 Å². The highest BCUT2D eigenvalue weighted by Crippen LogP contribution is 2.27.